The molecule has 0 saturated heterocycles. The van der Waals surface area contributed by atoms with Gasteiger partial charge in [-0.05, 0) is 43.5 Å². The van der Waals surface area contributed by atoms with Crippen LogP contribution >= 0.6 is 23.2 Å². The van der Waals surface area contributed by atoms with Crippen LogP contribution in [0.1, 0.15) is 30.5 Å². The molecule has 0 saturated carbocycles. The number of aliphatic carboxylic acids is 1. The van der Waals surface area contributed by atoms with Crippen molar-refractivity contribution in [3.05, 3.63) is 63.1 Å². The van der Waals surface area contributed by atoms with Gasteiger partial charge in [0, 0.05) is 21.3 Å². The number of ether oxygens (including phenoxy) is 1. The molecule has 0 spiro atoms. The van der Waals surface area contributed by atoms with Crippen molar-refractivity contribution in [3.63, 3.8) is 0 Å². The molecule has 0 fully saturated rings. The lowest BCUT2D eigenvalue weighted by molar-refractivity contribution is -0.145. The van der Waals surface area contributed by atoms with Crippen molar-refractivity contribution in [2.24, 2.45) is 5.73 Å². The van der Waals surface area contributed by atoms with Gasteiger partial charge in [-0.25, -0.2) is 4.79 Å². The maximum absolute atomic E-state index is 12.3. The number of hydrogen-bond donors (Lipinski definition) is 3. The first-order valence-electron chi connectivity index (χ1n) is 9.07. The predicted octanol–water partition coefficient (Wildman–Crippen LogP) is 4.44. The van der Waals surface area contributed by atoms with Gasteiger partial charge < -0.3 is 20.9 Å². The first-order valence-corrected chi connectivity index (χ1v) is 9.82. The van der Waals surface area contributed by atoms with Crippen LogP contribution in [-0.4, -0.2) is 29.6 Å². The number of anilines is 1. The van der Waals surface area contributed by atoms with Crippen LogP contribution in [-0.2, 0) is 27.4 Å². The minimum Gasteiger partial charge on any atom is -0.480 e. The van der Waals surface area contributed by atoms with Gasteiger partial charge in [-0.2, -0.15) is 0 Å². The molecule has 0 aliphatic heterocycles. The summed E-state index contributed by atoms with van der Waals surface area (Å²) in [5, 5.41) is 11.9. The average Bonchev–Trinajstić information content (AvgIpc) is 2.68. The number of aryl methyl sites for hydroxylation is 2. The minimum atomic E-state index is -0.968. The number of nitrogens with two attached hydrogens (primary N) is 1. The van der Waals surface area contributed by atoms with Gasteiger partial charge in [0.25, 0.3) is 0 Å². The number of nitrogens with one attached hydrogen (secondary N) is 1. The first-order chi connectivity index (χ1) is 13.7. The smallest absolute Gasteiger partial charge is 0.328 e. The Labute approximate surface area is 181 Å². The van der Waals surface area contributed by atoms with Gasteiger partial charge in [-0.1, -0.05) is 54.4 Å². The highest BCUT2D eigenvalue weighted by molar-refractivity contribution is 6.35. The van der Waals surface area contributed by atoms with Gasteiger partial charge in [-0.15, -0.1) is 0 Å². The van der Waals surface area contributed by atoms with Gasteiger partial charge in [0.15, 0.2) is 0 Å². The number of benzene rings is 2. The largest absolute Gasteiger partial charge is 0.480 e. The lowest BCUT2D eigenvalue weighted by Crippen LogP contribution is -2.29. The van der Waals surface area contributed by atoms with E-state index in [2.05, 4.69) is 24.0 Å². The standard InChI is InChI=1S/C19H21Cl2NO2.C2H5NO2/c1-4-14-7-5-6-12(2)18(14)22-13(3)19(23)24-11-15-8-9-16(20)10-17(15)21;3-1-2(4)5/h5-10,13,22H,4,11H2,1-3H3;1,3H2,(H,4,5)/t13-;/m0./s1. The maximum Gasteiger partial charge on any atom is 0.328 e. The van der Waals surface area contributed by atoms with Gasteiger partial charge in [0.05, 0.1) is 6.54 Å². The van der Waals surface area contributed by atoms with Crippen LogP contribution in [0.4, 0.5) is 5.69 Å². The number of carboxylic acids is 1. The number of carbonyl (C=O) groups is 2. The Kier molecular flexibility index (Phi) is 10.5. The van der Waals surface area contributed by atoms with E-state index in [1.807, 2.05) is 19.1 Å². The quantitative estimate of drug-likeness (QED) is 0.550. The lowest BCUT2D eigenvalue weighted by Gasteiger charge is -2.19. The highest BCUT2D eigenvalue weighted by atomic mass is 35.5. The highest BCUT2D eigenvalue weighted by Crippen LogP contribution is 2.23. The summed E-state index contributed by atoms with van der Waals surface area (Å²) in [5.41, 5.74) is 8.58. The molecule has 0 bridgehead atoms. The third kappa shape index (κ3) is 8.31. The van der Waals surface area contributed by atoms with E-state index in [-0.39, 0.29) is 19.1 Å². The Bertz CT molecular complexity index is 843. The summed E-state index contributed by atoms with van der Waals surface area (Å²) in [4.78, 5) is 21.5. The summed E-state index contributed by atoms with van der Waals surface area (Å²) in [5.74, 6) is -1.30. The third-order valence-electron chi connectivity index (χ3n) is 4.01. The molecule has 0 aliphatic rings. The third-order valence-corrected chi connectivity index (χ3v) is 4.60. The van der Waals surface area contributed by atoms with Crippen LogP contribution in [0.2, 0.25) is 10.0 Å². The van der Waals surface area contributed by atoms with Crippen LogP contribution in [0, 0.1) is 6.92 Å². The number of para-hydroxylation sites is 1. The number of carboxylic acid groups (broad SMARTS) is 1. The Hall–Kier alpha value is -2.28. The van der Waals surface area contributed by atoms with Crippen LogP contribution in [0.15, 0.2) is 36.4 Å². The van der Waals surface area contributed by atoms with Gasteiger partial charge in [0.2, 0.25) is 0 Å². The number of rotatable bonds is 7. The molecule has 1 atom stereocenters. The number of hydrogen-bond acceptors (Lipinski definition) is 5. The summed E-state index contributed by atoms with van der Waals surface area (Å²) in [6.07, 6.45) is 0.895. The molecule has 158 valence electrons. The van der Waals surface area contributed by atoms with E-state index in [9.17, 15) is 9.59 Å². The lowest BCUT2D eigenvalue weighted by atomic mass is 10.1. The minimum absolute atomic E-state index is 0.120. The zero-order valence-corrected chi connectivity index (χ0v) is 18.2. The van der Waals surface area contributed by atoms with Crippen LogP contribution < -0.4 is 11.1 Å². The Balaban J connectivity index is 0.000000749. The molecular formula is C21H26Cl2N2O4. The summed E-state index contributed by atoms with van der Waals surface area (Å²) < 4.78 is 5.37. The molecule has 0 radical (unpaired) electrons. The fraction of sp³-hybridized carbons (Fsp3) is 0.333. The molecular weight excluding hydrogens is 415 g/mol. The van der Waals surface area contributed by atoms with Crippen molar-refractivity contribution < 1.29 is 19.4 Å². The highest BCUT2D eigenvalue weighted by Gasteiger charge is 2.17. The van der Waals surface area contributed by atoms with E-state index in [1.54, 1.807) is 25.1 Å². The van der Waals surface area contributed by atoms with Crippen LogP contribution in [0.3, 0.4) is 0 Å². The molecule has 2 aromatic rings. The molecule has 6 nitrogen and oxygen atoms in total. The Morgan fingerprint density at radius 2 is 1.86 bits per heavy atom. The molecule has 2 rings (SSSR count). The summed E-state index contributed by atoms with van der Waals surface area (Å²) in [7, 11) is 0. The zero-order valence-electron chi connectivity index (χ0n) is 16.7. The molecule has 0 heterocycles. The van der Waals surface area contributed by atoms with Crippen LogP contribution in [0.25, 0.3) is 0 Å². The van der Waals surface area contributed by atoms with Gasteiger partial charge >= 0.3 is 11.9 Å². The summed E-state index contributed by atoms with van der Waals surface area (Å²) >= 11 is 12.0. The second-order valence-electron chi connectivity index (χ2n) is 6.27. The summed E-state index contributed by atoms with van der Waals surface area (Å²) in [6.45, 7) is 5.74. The molecule has 8 heteroatoms. The Morgan fingerprint density at radius 3 is 2.41 bits per heavy atom. The molecule has 0 amide bonds. The van der Waals surface area contributed by atoms with Crippen molar-refractivity contribution in [1.82, 2.24) is 0 Å². The fourth-order valence-corrected chi connectivity index (χ4v) is 2.88. The Morgan fingerprint density at radius 1 is 1.21 bits per heavy atom. The van der Waals surface area contributed by atoms with Gasteiger partial charge in [0.1, 0.15) is 12.6 Å². The number of carbonyl (C=O) groups excluding carboxylic acids is 1. The van der Waals surface area contributed by atoms with E-state index in [1.165, 1.54) is 5.56 Å². The van der Waals surface area contributed by atoms with E-state index in [0.717, 1.165) is 23.2 Å². The fourth-order valence-electron chi connectivity index (χ4n) is 2.42. The van der Waals surface area contributed by atoms with Gasteiger partial charge in [-0.3, -0.25) is 4.79 Å². The SMILES string of the molecule is CCc1cccc(C)c1N[C@@H](C)C(=O)OCc1ccc(Cl)cc1Cl.NCC(=O)O. The molecule has 2 aromatic carbocycles. The zero-order chi connectivity index (χ0) is 22.0. The average molecular weight is 441 g/mol. The maximum atomic E-state index is 12.3. The van der Waals surface area contributed by atoms with Crippen molar-refractivity contribution in [2.75, 3.05) is 11.9 Å². The van der Waals surface area contributed by atoms with Crippen molar-refractivity contribution in [2.45, 2.75) is 39.8 Å². The predicted molar refractivity (Wildman–Crippen MR) is 117 cm³/mol. The van der Waals surface area contributed by atoms with E-state index in [4.69, 9.17) is 33.0 Å². The first kappa shape index (κ1) is 24.8. The topological polar surface area (TPSA) is 102 Å². The second kappa shape index (κ2) is 12.3. The van der Waals surface area contributed by atoms with E-state index >= 15 is 0 Å². The van der Waals surface area contributed by atoms with Crippen LogP contribution in [0.5, 0.6) is 0 Å². The number of halogens is 2. The van der Waals surface area contributed by atoms with Crippen molar-refractivity contribution >= 4 is 40.8 Å². The molecule has 0 aromatic heterocycles. The van der Waals surface area contributed by atoms with Crippen molar-refractivity contribution in [1.29, 1.82) is 0 Å². The summed E-state index contributed by atoms with van der Waals surface area (Å²) in [6, 6.07) is 10.8. The molecule has 0 aliphatic carbocycles. The molecule has 4 N–H and O–H groups in total. The second-order valence-corrected chi connectivity index (χ2v) is 7.11. The van der Waals surface area contributed by atoms with Crippen molar-refractivity contribution in [3.8, 4) is 0 Å². The monoisotopic (exact) mass is 440 g/mol. The number of esters is 1. The normalized spacial score (nSPS) is 11.1. The molecule has 0 unspecified atom stereocenters. The molecule has 29 heavy (non-hydrogen) atoms. The van der Waals surface area contributed by atoms with E-state index in [0.29, 0.717) is 10.0 Å². The van der Waals surface area contributed by atoms with E-state index < -0.39 is 12.0 Å².